The van der Waals surface area contributed by atoms with E-state index in [1.54, 1.807) is 46.3 Å². The Bertz CT molecular complexity index is 1160. The summed E-state index contributed by atoms with van der Waals surface area (Å²) in [5.74, 6) is -0.371. The van der Waals surface area contributed by atoms with Crippen LogP contribution in [0.2, 0.25) is 0 Å². The van der Waals surface area contributed by atoms with Crippen molar-refractivity contribution in [3.63, 3.8) is 0 Å². The van der Waals surface area contributed by atoms with Crippen LogP contribution in [0.3, 0.4) is 0 Å². The first-order chi connectivity index (χ1) is 14.1. The summed E-state index contributed by atoms with van der Waals surface area (Å²) in [4.78, 5) is 24.1. The molecule has 0 saturated carbocycles. The number of methoxy groups -OCH3 is 1. The molecule has 0 aliphatic heterocycles. The minimum absolute atomic E-state index is 0.1000. The van der Waals surface area contributed by atoms with Gasteiger partial charge in [0, 0.05) is 49.0 Å². The Hall–Kier alpha value is -3.26. The van der Waals surface area contributed by atoms with Crippen LogP contribution in [0.4, 0.5) is 4.39 Å². The first-order valence-corrected chi connectivity index (χ1v) is 9.90. The van der Waals surface area contributed by atoms with Gasteiger partial charge in [-0.05, 0) is 30.3 Å². The van der Waals surface area contributed by atoms with Gasteiger partial charge in [-0.2, -0.15) is 0 Å². The molecule has 1 amide bonds. The summed E-state index contributed by atoms with van der Waals surface area (Å²) in [6, 6.07) is 10.4. The summed E-state index contributed by atoms with van der Waals surface area (Å²) in [7, 11) is 3.19. The number of rotatable bonds is 6. The molecule has 0 aliphatic carbocycles. The zero-order valence-corrected chi connectivity index (χ0v) is 16.8. The van der Waals surface area contributed by atoms with E-state index in [0.717, 1.165) is 5.69 Å². The molecule has 0 saturated heterocycles. The van der Waals surface area contributed by atoms with Gasteiger partial charge in [-0.1, -0.05) is 6.07 Å². The quantitative estimate of drug-likeness (QED) is 0.483. The van der Waals surface area contributed by atoms with Crippen molar-refractivity contribution in [3.05, 3.63) is 71.4 Å². The number of nitrogens with zero attached hydrogens (tertiary/aromatic N) is 4. The van der Waals surface area contributed by atoms with Crippen LogP contribution in [-0.2, 0) is 6.42 Å². The monoisotopic (exact) mass is 410 g/mol. The number of hydrogen-bond donors (Lipinski definition) is 0. The van der Waals surface area contributed by atoms with Crippen molar-refractivity contribution in [1.82, 2.24) is 19.3 Å². The number of imidazole rings is 1. The molecule has 29 heavy (non-hydrogen) atoms. The smallest absolute Gasteiger partial charge is 0.271 e. The molecule has 0 N–H and O–H groups in total. The molecule has 148 valence electrons. The molecule has 8 heteroatoms. The SMILES string of the molecule is COc1ccc(-c2cn3c(C(=O)N(C)CCc4ccccn4)csc3n2)cc1F. The van der Waals surface area contributed by atoms with E-state index in [1.165, 1.54) is 24.5 Å². The zero-order chi connectivity index (χ0) is 20.4. The third-order valence-corrected chi connectivity index (χ3v) is 5.49. The van der Waals surface area contributed by atoms with Crippen molar-refractivity contribution in [2.75, 3.05) is 20.7 Å². The second-order valence-corrected chi connectivity index (χ2v) is 7.38. The van der Waals surface area contributed by atoms with Crippen LogP contribution in [0.1, 0.15) is 16.2 Å². The lowest BCUT2D eigenvalue weighted by Gasteiger charge is -2.16. The van der Waals surface area contributed by atoms with Crippen LogP contribution in [0, 0.1) is 5.82 Å². The summed E-state index contributed by atoms with van der Waals surface area (Å²) in [6.07, 6.45) is 4.18. The number of fused-ring (bicyclic) bond motifs is 1. The van der Waals surface area contributed by atoms with Gasteiger partial charge in [0.05, 0.1) is 12.8 Å². The maximum absolute atomic E-state index is 14.0. The average molecular weight is 410 g/mol. The molecule has 0 aliphatic rings. The molecule has 3 aromatic heterocycles. The number of thiazole rings is 1. The molecule has 0 bridgehead atoms. The highest BCUT2D eigenvalue weighted by atomic mass is 32.1. The Kier molecular flexibility index (Phi) is 5.26. The standard InChI is InChI=1S/C21H19FN4O2S/c1-25(10-8-15-5-3-4-9-23-15)20(27)18-13-29-21-24-17(12-26(18)21)14-6-7-19(28-2)16(22)11-14/h3-7,9,11-13H,8,10H2,1-2H3. The summed E-state index contributed by atoms with van der Waals surface area (Å²) < 4.78 is 20.7. The van der Waals surface area contributed by atoms with Crippen LogP contribution in [0.5, 0.6) is 5.75 Å². The summed E-state index contributed by atoms with van der Waals surface area (Å²) in [6.45, 7) is 0.554. The largest absolute Gasteiger partial charge is 0.494 e. The van der Waals surface area contributed by atoms with Gasteiger partial charge in [0.1, 0.15) is 5.69 Å². The summed E-state index contributed by atoms with van der Waals surface area (Å²) in [5.41, 5.74) is 2.69. The van der Waals surface area contributed by atoms with E-state index in [4.69, 9.17) is 4.74 Å². The van der Waals surface area contributed by atoms with E-state index in [9.17, 15) is 9.18 Å². The van der Waals surface area contributed by atoms with Crippen molar-refractivity contribution in [2.24, 2.45) is 0 Å². The normalized spacial score (nSPS) is 11.0. The van der Waals surface area contributed by atoms with Gasteiger partial charge in [0.15, 0.2) is 16.5 Å². The topological polar surface area (TPSA) is 59.7 Å². The molecule has 3 heterocycles. The fourth-order valence-corrected chi connectivity index (χ4v) is 3.87. The Morgan fingerprint density at radius 3 is 2.90 bits per heavy atom. The average Bonchev–Trinajstić information content (AvgIpc) is 3.33. The Morgan fingerprint density at radius 2 is 2.17 bits per heavy atom. The maximum atomic E-state index is 14.0. The Labute approximate surface area is 171 Å². The molecular weight excluding hydrogens is 391 g/mol. The second kappa shape index (κ2) is 8.00. The maximum Gasteiger partial charge on any atom is 0.271 e. The number of hydrogen-bond acceptors (Lipinski definition) is 5. The number of amides is 1. The minimum Gasteiger partial charge on any atom is -0.494 e. The molecule has 0 atom stereocenters. The second-order valence-electron chi connectivity index (χ2n) is 6.55. The predicted molar refractivity (Wildman–Crippen MR) is 110 cm³/mol. The van der Waals surface area contributed by atoms with Crippen LogP contribution in [0.15, 0.2) is 54.2 Å². The number of halogens is 1. The number of likely N-dealkylation sites (N-methyl/N-ethyl adjacent to an activating group) is 1. The number of carbonyl (C=O) groups excluding carboxylic acids is 1. The van der Waals surface area contributed by atoms with E-state index in [-0.39, 0.29) is 11.7 Å². The lowest BCUT2D eigenvalue weighted by atomic mass is 10.1. The van der Waals surface area contributed by atoms with Gasteiger partial charge in [-0.25, -0.2) is 9.37 Å². The van der Waals surface area contributed by atoms with Gasteiger partial charge in [0.2, 0.25) is 0 Å². The molecule has 0 radical (unpaired) electrons. The number of aromatic nitrogens is 3. The summed E-state index contributed by atoms with van der Waals surface area (Å²) >= 11 is 1.38. The highest BCUT2D eigenvalue weighted by Gasteiger charge is 2.19. The van der Waals surface area contributed by atoms with Crippen molar-refractivity contribution in [3.8, 4) is 17.0 Å². The Balaban J connectivity index is 1.55. The van der Waals surface area contributed by atoms with Crippen molar-refractivity contribution in [2.45, 2.75) is 6.42 Å². The zero-order valence-electron chi connectivity index (χ0n) is 16.0. The lowest BCUT2D eigenvalue weighted by molar-refractivity contribution is 0.0790. The van der Waals surface area contributed by atoms with Gasteiger partial charge in [-0.15, -0.1) is 11.3 Å². The number of pyridine rings is 1. The van der Waals surface area contributed by atoms with Gasteiger partial charge >= 0.3 is 0 Å². The van der Waals surface area contributed by atoms with E-state index in [0.29, 0.717) is 34.9 Å². The number of carbonyl (C=O) groups is 1. The number of benzene rings is 1. The molecule has 6 nitrogen and oxygen atoms in total. The molecule has 1 aromatic carbocycles. The van der Waals surface area contributed by atoms with E-state index < -0.39 is 5.82 Å². The third-order valence-electron chi connectivity index (χ3n) is 4.65. The molecule has 4 rings (SSSR count). The van der Waals surface area contributed by atoms with Crippen LogP contribution in [0.25, 0.3) is 16.2 Å². The molecular formula is C21H19FN4O2S. The van der Waals surface area contributed by atoms with Crippen molar-refractivity contribution < 1.29 is 13.9 Å². The first kappa shape index (κ1) is 19.1. The highest BCUT2D eigenvalue weighted by Crippen LogP contribution is 2.27. The lowest BCUT2D eigenvalue weighted by Crippen LogP contribution is -2.29. The van der Waals surface area contributed by atoms with Crippen LogP contribution in [-0.4, -0.2) is 45.9 Å². The molecule has 0 spiro atoms. The Morgan fingerprint density at radius 1 is 1.31 bits per heavy atom. The van der Waals surface area contributed by atoms with Gasteiger partial charge in [-0.3, -0.25) is 14.2 Å². The fourth-order valence-electron chi connectivity index (χ4n) is 3.03. The third kappa shape index (κ3) is 3.84. The minimum atomic E-state index is -0.452. The van der Waals surface area contributed by atoms with Crippen LogP contribution < -0.4 is 4.74 Å². The molecule has 0 fully saturated rings. The van der Waals surface area contributed by atoms with E-state index >= 15 is 0 Å². The highest BCUT2D eigenvalue weighted by molar-refractivity contribution is 7.15. The van der Waals surface area contributed by atoms with E-state index in [2.05, 4.69) is 9.97 Å². The van der Waals surface area contributed by atoms with Crippen LogP contribution >= 0.6 is 11.3 Å². The van der Waals surface area contributed by atoms with Gasteiger partial charge < -0.3 is 9.64 Å². The molecule has 0 unspecified atom stereocenters. The van der Waals surface area contributed by atoms with Crippen molar-refractivity contribution in [1.29, 1.82) is 0 Å². The van der Waals surface area contributed by atoms with Gasteiger partial charge in [0.25, 0.3) is 5.91 Å². The molecule has 4 aromatic rings. The fraction of sp³-hybridized carbons (Fsp3) is 0.190. The first-order valence-electron chi connectivity index (χ1n) is 9.02. The number of ether oxygens (including phenoxy) is 1. The van der Waals surface area contributed by atoms with E-state index in [1.807, 2.05) is 18.2 Å². The van der Waals surface area contributed by atoms with Crippen molar-refractivity contribution >= 4 is 22.2 Å². The summed E-state index contributed by atoms with van der Waals surface area (Å²) in [5, 5.41) is 1.79. The predicted octanol–water partition coefficient (Wildman–Crippen LogP) is 3.92.